The van der Waals surface area contributed by atoms with Crippen molar-refractivity contribution in [1.29, 1.82) is 0 Å². The molecule has 2 unspecified atom stereocenters. The van der Waals surface area contributed by atoms with Gasteiger partial charge in [0.25, 0.3) is 0 Å². The molecular weight excluding hydrogens is 248 g/mol. The Hall–Kier alpha value is -1.35. The topological polar surface area (TPSA) is 41.1 Å². The highest BCUT2D eigenvalue weighted by atomic mass is 16.2. The Morgan fingerprint density at radius 3 is 1.95 bits per heavy atom. The van der Waals surface area contributed by atoms with Crippen LogP contribution in [0.15, 0.2) is 12.1 Å². The van der Waals surface area contributed by atoms with E-state index in [1.807, 2.05) is 20.8 Å². The lowest BCUT2D eigenvalue weighted by Gasteiger charge is -2.24. The van der Waals surface area contributed by atoms with Crippen LogP contribution in [0.2, 0.25) is 0 Å². The van der Waals surface area contributed by atoms with Gasteiger partial charge in [-0.2, -0.15) is 0 Å². The summed E-state index contributed by atoms with van der Waals surface area (Å²) in [6.45, 7) is 14.3. The van der Waals surface area contributed by atoms with E-state index in [1.165, 1.54) is 22.3 Å². The molecule has 2 N–H and O–H groups in total. The molecule has 0 radical (unpaired) electrons. The van der Waals surface area contributed by atoms with E-state index in [9.17, 15) is 4.79 Å². The van der Waals surface area contributed by atoms with Crippen LogP contribution in [0, 0.1) is 20.8 Å². The van der Waals surface area contributed by atoms with Crippen LogP contribution in [0.25, 0.3) is 0 Å². The van der Waals surface area contributed by atoms with Crippen LogP contribution in [0.5, 0.6) is 0 Å². The average molecular weight is 276 g/mol. The molecule has 3 heteroatoms. The molecule has 1 amide bonds. The van der Waals surface area contributed by atoms with Crippen molar-refractivity contribution < 1.29 is 4.79 Å². The fourth-order valence-electron chi connectivity index (χ4n) is 2.82. The van der Waals surface area contributed by atoms with E-state index >= 15 is 0 Å². The maximum atomic E-state index is 12.0. The van der Waals surface area contributed by atoms with E-state index in [4.69, 9.17) is 0 Å². The van der Waals surface area contributed by atoms with Crippen molar-refractivity contribution in [1.82, 2.24) is 10.6 Å². The van der Waals surface area contributed by atoms with Crippen molar-refractivity contribution in [3.63, 3.8) is 0 Å². The van der Waals surface area contributed by atoms with Gasteiger partial charge >= 0.3 is 0 Å². The van der Waals surface area contributed by atoms with E-state index in [1.54, 1.807) is 0 Å². The van der Waals surface area contributed by atoms with Gasteiger partial charge in [0.15, 0.2) is 0 Å². The Morgan fingerprint density at radius 1 is 1.00 bits per heavy atom. The Kier molecular flexibility index (Phi) is 5.75. The Labute approximate surface area is 123 Å². The first kappa shape index (κ1) is 16.7. The third-order valence-corrected chi connectivity index (χ3v) is 3.50. The van der Waals surface area contributed by atoms with Gasteiger partial charge in [-0.15, -0.1) is 0 Å². The third-order valence-electron chi connectivity index (χ3n) is 3.50. The van der Waals surface area contributed by atoms with Gasteiger partial charge in [0, 0.05) is 12.1 Å². The standard InChI is InChI=1S/C17H28N2O/c1-10(2)18-17(20)15(7)19-14(6)16-12(4)8-11(3)9-13(16)5/h8-10,14-15,19H,1-7H3,(H,18,20). The summed E-state index contributed by atoms with van der Waals surface area (Å²) < 4.78 is 0. The van der Waals surface area contributed by atoms with Crippen molar-refractivity contribution in [3.8, 4) is 0 Å². The number of rotatable bonds is 5. The van der Waals surface area contributed by atoms with Crippen molar-refractivity contribution in [3.05, 3.63) is 34.4 Å². The summed E-state index contributed by atoms with van der Waals surface area (Å²) in [4.78, 5) is 12.0. The molecule has 0 aliphatic heterocycles. The molecule has 0 bridgehead atoms. The van der Waals surface area contributed by atoms with Crippen LogP contribution in [-0.2, 0) is 4.79 Å². The van der Waals surface area contributed by atoms with Crippen LogP contribution in [0.1, 0.15) is 56.0 Å². The zero-order chi connectivity index (χ0) is 15.4. The van der Waals surface area contributed by atoms with E-state index in [0.717, 1.165) is 0 Å². The molecular formula is C17H28N2O. The number of benzene rings is 1. The third kappa shape index (κ3) is 4.34. The number of amides is 1. The largest absolute Gasteiger partial charge is 0.353 e. The SMILES string of the molecule is Cc1cc(C)c(C(C)NC(C)C(=O)NC(C)C)c(C)c1. The highest BCUT2D eigenvalue weighted by Gasteiger charge is 2.19. The molecule has 20 heavy (non-hydrogen) atoms. The first-order valence-electron chi connectivity index (χ1n) is 7.36. The lowest BCUT2D eigenvalue weighted by atomic mass is 9.94. The van der Waals surface area contributed by atoms with Crippen LogP contribution in [0.3, 0.4) is 0 Å². The zero-order valence-electron chi connectivity index (χ0n) is 13.8. The lowest BCUT2D eigenvalue weighted by molar-refractivity contribution is -0.123. The predicted molar refractivity (Wildman–Crippen MR) is 84.9 cm³/mol. The van der Waals surface area contributed by atoms with Crippen molar-refractivity contribution in [2.45, 2.75) is 66.6 Å². The summed E-state index contributed by atoms with van der Waals surface area (Å²) >= 11 is 0. The number of carbonyl (C=O) groups excluding carboxylic acids is 1. The number of aryl methyl sites for hydroxylation is 3. The second-order valence-electron chi connectivity index (χ2n) is 6.09. The number of hydrogen-bond donors (Lipinski definition) is 2. The minimum Gasteiger partial charge on any atom is -0.353 e. The zero-order valence-corrected chi connectivity index (χ0v) is 13.8. The number of carbonyl (C=O) groups is 1. The molecule has 0 aliphatic carbocycles. The first-order chi connectivity index (χ1) is 9.22. The van der Waals surface area contributed by atoms with Gasteiger partial charge < -0.3 is 5.32 Å². The van der Waals surface area contributed by atoms with E-state index in [2.05, 4.69) is 50.5 Å². The van der Waals surface area contributed by atoms with Crippen LogP contribution < -0.4 is 10.6 Å². The maximum absolute atomic E-state index is 12.0. The highest BCUT2D eigenvalue weighted by molar-refractivity contribution is 5.81. The minimum atomic E-state index is -0.201. The van der Waals surface area contributed by atoms with E-state index in [0.29, 0.717) is 0 Å². The molecule has 1 rings (SSSR count). The van der Waals surface area contributed by atoms with Gasteiger partial charge in [-0.25, -0.2) is 0 Å². The summed E-state index contributed by atoms with van der Waals surface area (Å²) in [5, 5.41) is 6.33. The van der Waals surface area contributed by atoms with Crippen LogP contribution >= 0.6 is 0 Å². The fourth-order valence-corrected chi connectivity index (χ4v) is 2.82. The molecule has 1 aromatic carbocycles. The molecule has 0 saturated heterocycles. The summed E-state index contributed by atoms with van der Waals surface area (Å²) in [7, 11) is 0. The Balaban J connectivity index is 2.81. The summed E-state index contributed by atoms with van der Waals surface area (Å²) in [6, 6.07) is 4.51. The molecule has 0 spiro atoms. The molecule has 0 aliphatic rings. The van der Waals surface area contributed by atoms with Gasteiger partial charge in [-0.1, -0.05) is 17.7 Å². The molecule has 0 fully saturated rings. The summed E-state index contributed by atoms with van der Waals surface area (Å²) in [5.41, 5.74) is 5.12. The van der Waals surface area contributed by atoms with Gasteiger partial charge in [0.05, 0.1) is 6.04 Å². The summed E-state index contributed by atoms with van der Waals surface area (Å²) in [6.07, 6.45) is 0. The number of hydrogen-bond acceptors (Lipinski definition) is 2. The molecule has 2 atom stereocenters. The fraction of sp³-hybridized carbons (Fsp3) is 0.588. The molecule has 0 heterocycles. The van der Waals surface area contributed by atoms with E-state index in [-0.39, 0.29) is 24.0 Å². The van der Waals surface area contributed by atoms with Crippen molar-refractivity contribution in [2.24, 2.45) is 0 Å². The van der Waals surface area contributed by atoms with Crippen LogP contribution in [-0.4, -0.2) is 18.0 Å². The van der Waals surface area contributed by atoms with Crippen molar-refractivity contribution >= 4 is 5.91 Å². The van der Waals surface area contributed by atoms with E-state index < -0.39 is 0 Å². The van der Waals surface area contributed by atoms with Gasteiger partial charge in [-0.05, 0) is 65.2 Å². The lowest BCUT2D eigenvalue weighted by Crippen LogP contribution is -2.45. The quantitative estimate of drug-likeness (QED) is 0.867. The second-order valence-corrected chi connectivity index (χ2v) is 6.09. The smallest absolute Gasteiger partial charge is 0.237 e. The minimum absolute atomic E-state index is 0.0502. The van der Waals surface area contributed by atoms with Crippen molar-refractivity contribution in [2.75, 3.05) is 0 Å². The highest BCUT2D eigenvalue weighted by Crippen LogP contribution is 2.23. The molecule has 3 nitrogen and oxygen atoms in total. The molecule has 112 valence electrons. The second kappa shape index (κ2) is 6.89. The summed E-state index contributed by atoms with van der Waals surface area (Å²) in [5.74, 6) is 0.0502. The molecule has 0 saturated carbocycles. The Bertz CT molecular complexity index is 457. The van der Waals surface area contributed by atoms with Crippen LogP contribution in [0.4, 0.5) is 0 Å². The van der Waals surface area contributed by atoms with Gasteiger partial charge in [0.1, 0.15) is 0 Å². The predicted octanol–water partition coefficient (Wildman–Crippen LogP) is 3.18. The molecule has 1 aromatic rings. The van der Waals surface area contributed by atoms with Gasteiger partial charge in [0.2, 0.25) is 5.91 Å². The maximum Gasteiger partial charge on any atom is 0.237 e. The average Bonchev–Trinajstić information content (AvgIpc) is 2.25. The number of nitrogens with one attached hydrogen (secondary N) is 2. The first-order valence-corrected chi connectivity index (χ1v) is 7.36. The normalized spacial score (nSPS) is 14.2. The monoisotopic (exact) mass is 276 g/mol. The molecule has 0 aromatic heterocycles. The van der Waals surface area contributed by atoms with Gasteiger partial charge in [-0.3, -0.25) is 10.1 Å². The Morgan fingerprint density at radius 2 is 1.50 bits per heavy atom.